The average molecular weight is 310 g/mol. The van der Waals surface area contributed by atoms with Crippen molar-refractivity contribution < 1.29 is 18.4 Å². The summed E-state index contributed by atoms with van der Waals surface area (Å²) in [6.07, 6.45) is 3.34. The topological polar surface area (TPSA) is 72.2 Å². The SMILES string of the molecule is NC1CCC(NC(=O)CCC(=O)c2ccc(F)cc2F)CC1. The molecule has 1 amide bonds. The maximum atomic E-state index is 13.5. The van der Waals surface area contributed by atoms with Crippen LogP contribution in [0.2, 0.25) is 0 Å². The number of nitrogens with two attached hydrogens (primary N) is 1. The fraction of sp³-hybridized carbons (Fsp3) is 0.500. The monoisotopic (exact) mass is 310 g/mol. The lowest BCUT2D eigenvalue weighted by atomic mass is 9.91. The number of carbonyl (C=O) groups excluding carboxylic acids is 2. The van der Waals surface area contributed by atoms with Crippen LogP contribution < -0.4 is 11.1 Å². The predicted octanol–water partition coefficient (Wildman–Crippen LogP) is 2.31. The molecule has 1 aliphatic rings. The number of hydrogen-bond donors (Lipinski definition) is 2. The van der Waals surface area contributed by atoms with E-state index in [-0.39, 0.29) is 36.4 Å². The second-order valence-corrected chi connectivity index (χ2v) is 5.73. The summed E-state index contributed by atoms with van der Waals surface area (Å²) >= 11 is 0. The Hall–Kier alpha value is -1.82. The third-order valence-electron chi connectivity index (χ3n) is 3.95. The molecular formula is C16H20F2N2O2. The smallest absolute Gasteiger partial charge is 0.220 e. The van der Waals surface area contributed by atoms with Gasteiger partial charge in [0.25, 0.3) is 0 Å². The Kier molecular flexibility index (Phi) is 5.60. The highest BCUT2D eigenvalue weighted by Gasteiger charge is 2.20. The molecule has 120 valence electrons. The fourth-order valence-electron chi connectivity index (χ4n) is 2.64. The molecule has 1 aromatic carbocycles. The maximum absolute atomic E-state index is 13.5. The predicted molar refractivity (Wildman–Crippen MR) is 78.3 cm³/mol. The largest absolute Gasteiger partial charge is 0.353 e. The van der Waals surface area contributed by atoms with E-state index >= 15 is 0 Å². The van der Waals surface area contributed by atoms with E-state index < -0.39 is 17.4 Å². The summed E-state index contributed by atoms with van der Waals surface area (Å²) < 4.78 is 26.3. The molecular weight excluding hydrogens is 290 g/mol. The summed E-state index contributed by atoms with van der Waals surface area (Å²) in [6, 6.07) is 3.11. The van der Waals surface area contributed by atoms with Crippen LogP contribution >= 0.6 is 0 Å². The van der Waals surface area contributed by atoms with Crippen molar-refractivity contribution in [1.82, 2.24) is 5.32 Å². The molecule has 3 N–H and O–H groups in total. The Morgan fingerprint density at radius 1 is 1.14 bits per heavy atom. The number of Topliss-reactive ketones (excluding diaryl/α,β-unsaturated/α-hetero) is 1. The minimum atomic E-state index is -0.897. The van der Waals surface area contributed by atoms with Crippen LogP contribution in [0.5, 0.6) is 0 Å². The number of hydrogen-bond acceptors (Lipinski definition) is 3. The van der Waals surface area contributed by atoms with E-state index in [9.17, 15) is 18.4 Å². The van der Waals surface area contributed by atoms with E-state index in [1.165, 1.54) is 0 Å². The lowest BCUT2D eigenvalue weighted by molar-refractivity contribution is -0.122. The zero-order chi connectivity index (χ0) is 16.1. The molecule has 2 rings (SSSR count). The highest BCUT2D eigenvalue weighted by molar-refractivity contribution is 5.98. The zero-order valence-corrected chi connectivity index (χ0v) is 12.3. The van der Waals surface area contributed by atoms with Gasteiger partial charge in [-0.15, -0.1) is 0 Å². The van der Waals surface area contributed by atoms with Crippen LogP contribution in [0.4, 0.5) is 8.78 Å². The second-order valence-electron chi connectivity index (χ2n) is 5.73. The van der Waals surface area contributed by atoms with Crippen molar-refractivity contribution in [1.29, 1.82) is 0 Å². The molecule has 22 heavy (non-hydrogen) atoms. The molecule has 0 saturated heterocycles. The van der Waals surface area contributed by atoms with Gasteiger partial charge in [0.15, 0.2) is 5.78 Å². The maximum Gasteiger partial charge on any atom is 0.220 e. The molecule has 1 aliphatic carbocycles. The summed E-state index contributed by atoms with van der Waals surface area (Å²) in [5.41, 5.74) is 5.61. The van der Waals surface area contributed by atoms with Crippen molar-refractivity contribution in [2.24, 2.45) is 5.73 Å². The van der Waals surface area contributed by atoms with Gasteiger partial charge < -0.3 is 11.1 Å². The summed E-state index contributed by atoms with van der Waals surface area (Å²) in [4.78, 5) is 23.7. The van der Waals surface area contributed by atoms with Crippen LogP contribution in [0.25, 0.3) is 0 Å². The van der Waals surface area contributed by atoms with Crippen LogP contribution in [0.1, 0.15) is 48.9 Å². The summed E-state index contributed by atoms with van der Waals surface area (Å²) in [6.45, 7) is 0. The molecule has 0 atom stereocenters. The molecule has 0 bridgehead atoms. The van der Waals surface area contributed by atoms with E-state index in [0.717, 1.165) is 37.8 Å². The van der Waals surface area contributed by atoms with Crippen LogP contribution in [0.15, 0.2) is 18.2 Å². The first-order valence-electron chi connectivity index (χ1n) is 7.49. The summed E-state index contributed by atoms with van der Waals surface area (Å²) in [5, 5.41) is 2.87. The van der Waals surface area contributed by atoms with Gasteiger partial charge in [-0.25, -0.2) is 8.78 Å². The molecule has 1 saturated carbocycles. The molecule has 4 nitrogen and oxygen atoms in total. The van der Waals surface area contributed by atoms with E-state index in [2.05, 4.69) is 5.32 Å². The molecule has 0 heterocycles. The van der Waals surface area contributed by atoms with Crippen LogP contribution in [-0.2, 0) is 4.79 Å². The average Bonchev–Trinajstić information content (AvgIpc) is 2.47. The molecule has 0 aromatic heterocycles. The van der Waals surface area contributed by atoms with Crippen molar-refractivity contribution in [2.75, 3.05) is 0 Å². The van der Waals surface area contributed by atoms with Crippen molar-refractivity contribution >= 4 is 11.7 Å². The minimum absolute atomic E-state index is 0.00178. The highest BCUT2D eigenvalue weighted by Crippen LogP contribution is 2.17. The number of halogens is 2. The lowest BCUT2D eigenvalue weighted by Crippen LogP contribution is -2.40. The molecule has 0 unspecified atom stereocenters. The Labute approximate surface area is 128 Å². The third-order valence-corrected chi connectivity index (χ3v) is 3.95. The summed E-state index contributed by atoms with van der Waals surface area (Å²) in [7, 11) is 0. The highest BCUT2D eigenvalue weighted by atomic mass is 19.1. The Morgan fingerprint density at radius 2 is 1.82 bits per heavy atom. The Bertz CT molecular complexity index is 555. The number of benzene rings is 1. The van der Waals surface area contributed by atoms with Gasteiger partial charge in [0.1, 0.15) is 11.6 Å². The quantitative estimate of drug-likeness (QED) is 0.820. The van der Waals surface area contributed by atoms with Crippen molar-refractivity contribution in [3.8, 4) is 0 Å². The van der Waals surface area contributed by atoms with Gasteiger partial charge in [-0.1, -0.05) is 0 Å². The number of amides is 1. The number of ketones is 1. The number of nitrogens with one attached hydrogen (secondary N) is 1. The minimum Gasteiger partial charge on any atom is -0.353 e. The van der Waals surface area contributed by atoms with Gasteiger partial charge in [-0.3, -0.25) is 9.59 Å². The van der Waals surface area contributed by atoms with Gasteiger partial charge in [0, 0.05) is 31.0 Å². The molecule has 0 aliphatic heterocycles. The van der Waals surface area contributed by atoms with Gasteiger partial charge >= 0.3 is 0 Å². The zero-order valence-electron chi connectivity index (χ0n) is 12.3. The molecule has 1 fully saturated rings. The number of carbonyl (C=O) groups is 2. The first-order valence-corrected chi connectivity index (χ1v) is 7.49. The second kappa shape index (κ2) is 7.45. The normalized spacial score (nSPS) is 21.4. The van der Waals surface area contributed by atoms with Gasteiger partial charge in [0.05, 0.1) is 5.56 Å². The summed E-state index contributed by atoms with van der Waals surface area (Å²) in [5.74, 6) is -2.36. The Balaban J connectivity index is 1.79. The van der Waals surface area contributed by atoms with E-state index in [0.29, 0.717) is 6.07 Å². The van der Waals surface area contributed by atoms with E-state index in [1.54, 1.807) is 0 Å². The first-order chi connectivity index (χ1) is 10.5. The van der Waals surface area contributed by atoms with E-state index in [4.69, 9.17) is 5.73 Å². The molecule has 6 heteroatoms. The molecule has 0 radical (unpaired) electrons. The van der Waals surface area contributed by atoms with Crippen molar-refractivity contribution in [3.05, 3.63) is 35.4 Å². The molecule has 1 aromatic rings. The standard InChI is InChI=1S/C16H20F2N2O2/c17-10-1-6-13(14(18)9-10)15(21)7-8-16(22)20-12-4-2-11(19)3-5-12/h1,6,9,11-12H,2-5,7-8,19H2,(H,20,22). The lowest BCUT2D eigenvalue weighted by Gasteiger charge is -2.26. The van der Waals surface area contributed by atoms with Crippen LogP contribution in [-0.4, -0.2) is 23.8 Å². The van der Waals surface area contributed by atoms with Crippen molar-refractivity contribution in [3.63, 3.8) is 0 Å². The Morgan fingerprint density at radius 3 is 2.45 bits per heavy atom. The fourth-order valence-corrected chi connectivity index (χ4v) is 2.64. The number of rotatable bonds is 5. The van der Waals surface area contributed by atoms with Crippen LogP contribution in [0, 0.1) is 11.6 Å². The third kappa shape index (κ3) is 4.59. The van der Waals surface area contributed by atoms with Gasteiger partial charge in [-0.05, 0) is 37.8 Å². The van der Waals surface area contributed by atoms with Crippen LogP contribution in [0.3, 0.4) is 0 Å². The van der Waals surface area contributed by atoms with E-state index in [1.807, 2.05) is 0 Å². The molecule has 0 spiro atoms. The van der Waals surface area contributed by atoms with Gasteiger partial charge in [0.2, 0.25) is 5.91 Å². The van der Waals surface area contributed by atoms with Gasteiger partial charge in [-0.2, -0.15) is 0 Å². The van der Waals surface area contributed by atoms with Crippen molar-refractivity contribution in [2.45, 2.75) is 50.6 Å². The first kappa shape index (κ1) is 16.5.